The van der Waals surface area contributed by atoms with Gasteiger partial charge in [0.05, 0.1) is 10.7 Å². The molecule has 8 heteroatoms. The van der Waals surface area contributed by atoms with Crippen molar-refractivity contribution in [2.45, 2.75) is 19.8 Å². The van der Waals surface area contributed by atoms with Gasteiger partial charge in [-0.25, -0.2) is 9.37 Å². The van der Waals surface area contributed by atoms with E-state index in [1.54, 1.807) is 12.1 Å². The highest BCUT2D eigenvalue weighted by atomic mass is 35.5. The Labute approximate surface area is 151 Å². The van der Waals surface area contributed by atoms with Crippen LogP contribution in [-0.2, 0) is 6.42 Å². The molecule has 3 N–H and O–H groups in total. The number of hydrogen-bond acceptors (Lipinski definition) is 4. The third-order valence-electron chi connectivity index (χ3n) is 2.98. The highest BCUT2D eigenvalue weighted by Gasteiger charge is 2.15. The Morgan fingerprint density at radius 1 is 1.30 bits per heavy atom. The monoisotopic (exact) mass is 379 g/mol. The van der Waals surface area contributed by atoms with Crippen LogP contribution in [0.5, 0.6) is 0 Å². The number of benzene rings is 1. The average molecular weight is 380 g/mol. The van der Waals surface area contributed by atoms with Crippen molar-refractivity contribution in [3.8, 4) is 0 Å². The van der Waals surface area contributed by atoms with E-state index in [4.69, 9.17) is 5.73 Å². The summed E-state index contributed by atoms with van der Waals surface area (Å²) in [7, 11) is 0. The summed E-state index contributed by atoms with van der Waals surface area (Å²) in [4.78, 5) is 17.1. The molecule has 1 aromatic heterocycles. The molecule has 0 atom stereocenters. The summed E-state index contributed by atoms with van der Waals surface area (Å²) in [5.74, 6) is -0.363. The summed E-state index contributed by atoms with van der Waals surface area (Å²) >= 11 is 1.38. The van der Waals surface area contributed by atoms with Gasteiger partial charge < -0.3 is 11.1 Å². The minimum atomic E-state index is -0.256. The topological polar surface area (TPSA) is 68.0 Å². The fraction of sp³-hybridized carbons (Fsp3) is 0.333. The van der Waals surface area contributed by atoms with Crippen LogP contribution in [-0.4, -0.2) is 24.0 Å². The summed E-state index contributed by atoms with van der Waals surface area (Å²) in [5, 5.41) is 3.68. The maximum absolute atomic E-state index is 12.9. The number of nitrogens with one attached hydrogen (secondary N) is 1. The predicted octanol–water partition coefficient (Wildman–Crippen LogP) is 3.10. The zero-order valence-corrected chi connectivity index (χ0v) is 15.1. The SMILES string of the molecule is Cc1nc(Cc2ccc(F)cc2)sc1C(=O)NCCCN.Cl.Cl. The van der Waals surface area contributed by atoms with Gasteiger partial charge in [0.1, 0.15) is 10.7 Å². The van der Waals surface area contributed by atoms with Crippen molar-refractivity contribution in [2.24, 2.45) is 5.73 Å². The molecule has 23 heavy (non-hydrogen) atoms. The fourth-order valence-electron chi connectivity index (χ4n) is 1.90. The second-order valence-electron chi connectivity index (χ2n) is 4.72. The van der Waals surface area contributed by atoms with E-state index < -0.39 is 0 Å². The highest BCUT2D eigenvalue weighted by molar-refractivity contribution is 7.13. The summed E-state index contributed by atoms with van der Waals surface area (Å²) < 4.78 is 12.9. The normalized spacial score (nSPS) is 9.70. The molecule has 0 spiro atoms. The molecule has 2 aromatic rings. The average Bonchev–Trinajstić information content (AvgIpc) is 2.82. The lowest BCUT2D eigenvalue weighted by atomic mass is 10.1. The van der Waals surface area contributed by atoms with Gasteiger partial charge in [-0.05, 0) is 37.6 Å². The number of carbonyl (C=O) groups is 1. The van der Waals surface area contributed by atoms with E-state index in [0.29, 0.717) is 24.4 Å². The van der Waals surface area contributed by atoms with Crippen LogP contribution in [0.15, 0.2) is 24.3 Å². The second kappa shape index (κ2) is 10.5. The van der Waals surface area contributed by atoms with Crippen LogP contribution in [0.2, 0.25) is 0 Å². The smallest absolute Gasteiger partial charge is 0.263 e. The molecule has 0 aliphatic heterocycles. The lowest BCUT2D eigenvalue weighted by molar-refractivity contribution is 0.0956. The van der Waals surface area contributed by atoms with Crippen LogP contribution in [0, 0.1) is 12.7 Å². The summed E-state index contributed by atoms with van der Waals surface area (Å²) in [5.41, 5.74) is 7.09. The molecule has 0 bridgehead atoms. The molecule has 0 saturated carbocycles. The van der Waals surface area contributed by atoms with E-state index >= 15 is 0 Å². The van der Waals surface area contributed by atoms with Crippen LogP contribution in [0.3, 0.4) is 0 Å². The summed E-state index contributed by atoms with van der Waals surface area (Å²) in [6, 6.07) is 6.31. The minimum Gasteiger partial charge on any atom is -0.351 e. The largest absolute Gasteiger partial charge is 0.351 e. The number of nitrogens with zero attached hydrogens (tertiary/aromatic N) is 1. The first-order chi connectivity index (χ1) is 10.1. The Hall–Kier alpha value is -1.21. The van der Waals surface area contributed by atoms with Crippen LogP contribution in [0.25, 0.3) is 0 Å². The van der Waals surface area contributed by atoms with Crippen molar-refractivity contribution < 1.29 is 9.18 Å². The van der Waals surface area contributed by atoms with E-state index in [-0.39, 0.29) is 36.5 Å². The number of halogens is 3. The molecule has 0 aliphatic rings. The molecular weight excluding hydrogens is 360 g/mol. The molecule has 0 radical (unpaired) electrons. The molecule has 1 heterocycles. The van der Waals surface area contributed by atoms with Gasteiger partial charge in [-0.3, -0.25) is 4.79 Å². The molecule has 4 nitrogen and oxygen atoms in total. The Kier molecular flexibility index (Phi) is 9.99. The lowest BCUT2D eigenvalue weighted by Crippen LogP contribution is -2.25. The van der Waals surface area contributed by atoms with E-state index in [2.05, 4.69) is 10.3 Å². The standard InChI is InChI=1S/C15H18FN3OS.2ClH/c1-10-14(15(20)18-8-2-7-17)21-13(19-10)9-11-3-5-12(16)6-4-11;;/h3-6H,2,7-9,17H2,1H3,(H,18,20);2*1H. The van der Waals surface area contributed by atoms with Gasteiger partial charge >= 0.3 is 0 Å². The molecule has 1 aromatic carbocycles. The van der Waals surface area contributed by atoms with E-state index in [1.807, 2.05) is 6.92 Å². The number of rotatable bonds is 6. The number of carbonyl (C=O) groups excluding carboxylic acids is 1. The molecule has 0 saturated heterocycles. The van der Waals surface area contributed by atoms with Gasteiger partial charge in [0.25, 0.3) is 5.91 Å². The van der Waals surface area contributed by atoms with Crippen molar-refractivity contribution in [1.82, 2.24) is 10.3 Å². The van der Waals surface area contributed by atoms with Gasteiger partial charge in [0.2, 0.25) is 0 Å². The maximum atomic E-state index is 12.9. The maximum Gasteiger partial charge on any atom is 0.263 e. The number of nitrogens with two attached hydrogens (primary N) is 1. The Morgan fingerprint density at radius 2 is 1.96 bits per heavy atom. The van der Waals surface area contributed by atoms with E-state index in [9.17, 15) is 9.18 Å². The molecule has 0 unspecified atom stereocenters. The van der Waals surface area contributed by atoms with Gasteiger partial charge in [-0.15, -0.1) is 36.2 Å². The first kappa shape index (κ1) is 21.8. The second-order valence-corrected chi connectivity index (χ2v) is 5.81. The predicted molar refractivity (Wildman–Crippen MR) is 96.6 cm³/mol. The Bertz CT molecular complexity index is 620. The quantitative estimate of drug-likeness (QED) is 0.757. The Morgan fingerprint density at radius 3 is 2.57 bits per heavy atom. The van der Waals surface area contributed by atoms with Crippen molar-refractivity contribution in [2.75, 3.05) is 13.1 Å². The fourth-order valence-corrected chi connectivity index (χ4v) is 2.91. The van der Waals surface area contributed by atoms with Crippen LogP contribution < -0.4 is 11.1 Å². The van der Waals surface area contributed by atoms with Crippen molar-refractivity contribution >= 4 is 42.1 Å². The molecular formula is C15H20Cl2FN3OS. The van der Waals surface area contributed by atoms with Crippen molar-refractivity contribution in [3.63, 3.8) is 0 Å². The van der Waals surface area contributed by atoms with Gasteiger partial charge in [0.15, 0.2) is 0 Å². The first-order valence-electron chi connectivity index (χ1n) is 6.79. The summed E-state index contributed by atoms with van der Waals surface area (Å²) in [6.07, 6.45) is 1.36. The van der Waals surface area contributed by atoms with Gasteiger partial charge in [0, 0.05) is 13.0 Å². The van der Waals surface area contributed by atoms with Gasteiger partial charge in [-0.2, -0.15) is 0 Å². The number of aryl methyl sites for hydroxylation is 1. The first-order valence-corrected chi connectivity index (χ1v) is 7.61. The van der Waals surface area contributed by atoms with E-state index in [1.165, 1.54) is 23.5 Å². The highest BCUT2D eigenvalue weighted by Crippen LogP contribution is 2.21. The number of thiazole rings is 1. The van der Waals surface area contributed by atoms with Crippen molar-refractivity contribution in [1.29, 1.82) is 0 Å². The number of aromatic nitrogens is 1. The zero-order chi connectivity index (χ0) is 15.2. The molecule has 1 amide bonds. The van der Waals surface area contributed by atoms with Crippen molar-refractivity contribution in [3.05, 3.63) is 51.2 Å². The van der Waals surface area contributed by atoms with E-state index in [0.717, 1.165) is 22.7 Å². The molecule has 128 valence electrons. The number of hydrogen-bond donors (Lipinski definition) is 2. The third-order valence-corrected chi connectivity index (χ3v) is 4.14. The summed E-state index contributed by atoms with van der Waals surface area (Å²) in [6.45, 7) is 2.94. The third kappa shape index (κ3) is 6.43. The molecule has 2 rings (SSSR count). The van der Waals surface area contributed by atoms with Crippen LogP contribution >= 0.6 is 36.2 Å². The van der Waals surface area contributed by atoms with Gasteiger partial charge in [-0.1, -0.05) is 12.1 Å². The molecule has 0 fully saturated rings. The van der Waals surface area contributed by atoms with Crippen LogP contribution in [0.4, 0.5) is 4.39 Å². The lowest BCUT2D eigenvalue weighted by Gasteiger charge is -2.01. The Balaban J connectivity index is 0.00000242. The molecule has 0 aliphatic carbocycles. The number of amides is 1. The zero-order valence-electron chi connectivity index (χ0n) is 12.7. The minimum absolute atomic E-state index is 0. The van der Waals surface area contributed by atoms with Crippen LogP contribution in [0.1, 0.15) is 32.4 Å².